The van der Waals surface area contributed by atoms with Crippen LogP contribution in [-0.2, 0) is 6.18 Å². The Hall–Kier alpha value is -1.74. The average Bonchev–Trinajstić information content (AvgIpc) is 2.26. The van der Waals surface area contributed by atoms with E-state index >= 15 is 0 Å². The van der Waals surface area contributed by atoms with Gasteiger partial charge in [-0.15, -0.1) is 0 Å². The zero-order valence-corrected chi connectivity index (χ0v) is 10.8. The molecule has 104 valence electrons. The van der Waals surface area contributed by atoms with Crippen LogP contribution in [0.1, 0.15) is 31.9 Å². The summed E-state index contributed by atoms with van der Waals surface area (Å²) in [7, 11) is 0. The lowest BCUT2D eigenvalue weighted by atomic mass is 10.00. The Morgan fingerprint density at radius 3 is 2.32 bits per heavy atom. The number of anilines is 1. The molecule has 2 N–H and O–H groups in total. The summed E-state index contributed by atoms with van der Waals surface area (Å²) < 4.78 is 38.3. The second-order valence-corrected chi connectivity index (χ2v) is 4.89. The van der Waals surface area contributed by atoms with Crippen LogP contribution < -0.4 is 5.32 Å². The molecule has 1 rings (SSSR count). The van der Waals surface area contributed by atoms with E-state index in [2.05, 4.69) is 5.32 Å². The molecule has 19 heavy (non-hydrogen) atoms. The maximum absolute atomic E-state index is 12.8. The number of nitriles is 1. The fraction of sp³-hybridized carbons (Fsp3) is 0.462. The standard InChI is InChI=1S/C13H15F3N2O/c1-8(12(2,3)19)18-10-5-4-9(7-17)11(6-10)13(14,15)16/h4-6,8,18-19H,1-3H3. The summed E-state index contributed by atoms with van der Waals surface area (Å²) in [5, 5.41) is 21.2. The van der Waals surface area contributed by atoms with Gasteiger partial charge in [-0.3, -0.25) is 0 Å². The first-order chi connectivity index (χ1) is 8.55. The monoisotopic (exact) mass is 272 g/mol. The number of rotatable bonds is 3. The highest BCUT2D eigenvalue weighted by molar-refractivity contribution is 5.53. The number of alkyl halides is 3. The number of nitrogens with zero attached hydrogens (tertiary/aromatic N) is 1. The van der Waals surface area contributed by atoms with Gasteiger partial charge in [0.2, 0.25) is 0 Å². The lowest BCUT2D eigenvalue weighted by molar-refractivity contribution is -0.137. The van der Waals surface area contributed by atoms with E-state index in [4.69, 9.17) is 5.26 Å². The van der Waals surface area contributed by atoms with E-state index in [1.165, 1.54) is 12.1 Å². The number of hydrogen-bond acceptors (Lipinski definition) is 3. The average molecular weight is 272 g/mol. The van der Waals surface area contributed by atoms with Gasteiger partial charge in [-0.1, -0.05) is 0 Å². The summed E-state index contributed by atoms with van der Waals surface area (Å²) in [6, 6.07) is 4.45. The number of hydrogen-bond donors (Lipinski definition) is 2. The van der Waals surface area contributed by atoms with Crippen molar-refractivity contribution in [1.82, 2.24) is 0 Å². The number of halogens is 3. The lowest BCUT2D eigenvalue weighted by Gasteiger charge is -2.28. The van der Waals surface area contributed by atoms with Crippen LogP contribution in [0.15, 0.2) is 18.2 Å². The van der Waals surface area contributed by atoms with Crippen molar-refractivity contribution in [1.29, 1.82) is 5.26 Å². The molecule has 3 nitrogen and oxygen atoms in total. The van der Waals surface area contributed by atoms with Gasteiger partial charge in [-0.05, 0) is 39.0 Å². The maximum atomic E-state index is 12.8. The molecule has 1 atom stereocenters. The molecular formula is C13H15F3N2O. The summed E-state index contributed by atoms with van der Waals surface area (Å²) in [4.78, 5) is 0. The third-order valence-electron chi connectivity index (χ3n) is 2.89. The van der Waals surface area contributed by atoms with Crippen molar-refractivity contribution in [2.45, 2.75) is 38.6 Å². The Morgan fingerprint density at radius 2 is 1.89 bits per heavy atom. The van der Waals surface area contributed by atoms with E-state index in [9.17, 15) is 18.3 Å². The summed E-state index contributed by atoms with van der Waals surface area (Å²) in [6.07, 6.45) is -4.58. The van der Waals surface area contributed by atoms with E-state index in [0.29, 0.717) is 0 Å². The van der Waals surface area contributed by atoms with Crippen LogP contribution in [0.4, 0.5) is 18.9 Å². The largest absolute Gasteiger partial charge is 0.417 e. The molecule has 0 aromatic heterocycles. The Kier molecular flexibility index (Phi) is 4.11. The normalized spacial score (nSPS) is 13.8. The highest BCUT2D eigenvalue weighted by Gasteiger charge is 2.34. The van der Waals surface area contributed by atoms with Crippen molar-refractivity contribution in [3.63, 3.8) is 0 Å². The molecule has 0 aliphatic heterocycles. The Bertz CT molecular complexity index is 498. The first kappa shape index (κ1) is 15.3. The number of aliphatic hydroxyl groups is 1. The highest BCUT2D eigenvalue weighted by atomic mass is 19.4. The van der Waals surface area contributed by atoms with Gasteiger partial charge in [0, 0.05) is 5.69 Å². The Labute approximate surface area is 109 Å². The summed E-state index contributed by atoms with van der Waals surface area (Å²) >= 11 is 0. The van der Waals surface area contributed by atoms with Crippen molar-refractivity contribution >= 4 is 5.69 Å². The van der Waals surface area contributed by atoms with E-state index in [0.717, 1.165) is 12.1 Å². The molecule has 0 bridgehead atoms. The minimum Gasteiger partial charge on any atom is -0.388 e. The minimum absolute atomic E-state index is 0.209. The van der Waals surface area contributed by atoms with Crippen LogP contribution in [0, 0.1) is 11.3 Å². The molecule has 6 heteroatoms. The van der Waals surface area contributed by atoms with Gasteiger partial charge >= 0.3 is 6.18 Å². The third-order valence-corrected chi connectivity index (χ3v) is 2.89. The Balaban J connectivity index is 3.11. The topological polar surface area (TPSA) is 56.0 Å². The molecule has 0 heterocycles. The molecule has 0 saturated heterocycles. The molecule has 1 aromatic carbocycles. The second kappa shape index (κ2) is 5.10. The zero-order chi connectivity index (χ0) is 14.8. The van der Waals surface area contributed by atoms with Crippen LogP contribution in [0.25, 0.3) is 0 Å². The minimum atomic E-state index is -4.58. The van der Waals surface area contributed by atoms with Crippen LogP contribution in [0.2, 0.25) is 0 Å². The van der Waals surface area contributed by atoms with Gasteiger partial charge in [-0.25, -0.2) is 0 Å². The maximum Gasteiger partial charge on any atom is 0.417 e. The van der Waals surface area contributed by atoms with Gasteiger partial charge in [0.15, 0.2) is 0 Å². The van der Waals surface area contributed by atoms with Crippen LogP contribution in [0.5, 0.6) is 0 Å². The fourth-order valence-electron chi connectivity index (χ4n) is 1.39. The molecule has 0 amide bonds. The van der Waals surface area contributed by atoms with Crippen LogP contribution in [-0.4, -0.2) is 16.7 Å². The van der Waals surface area contributed by atoms with Gasteiger partial charge in [0.05, 0.1) is 28.8 Å². The van der Waals surface area contributed by atoms with Crippen molar-refractivity contribution in [2.24, 2.45) is 0 Å². The molecule has 1 aromatic rings. The Morgan fingerprint density at radius 1 is 1.32 bits per heavy atom. The molecule has 0 aliphatic rings. The van der Waals surface area contributed by atoms with Gasteiger partial charge < -0.3 is 10.4 Å². The number of nitrogens with one attached hydrogen (secondary N) is 1. The van der Waals surface area contributed by atoms with Crippen molar-refractivity contribution < 1.29 is 18.3 Å². The fourth-order valence-corrected chi connectivity index (χ4v) is 1.39. The molecular weight excluding hydrogens is 257 g/mol. The SMILES string of the molecule is CC(Nc1ccc(C#N)c(C(F)(F)F)c1)C(C)(C)O. The summed E-state index contributed by atoms with van der Waals surface area (Å²) in [6.45, 7) is 4.77. The van der Waals surface area contributed by atoms with Crippen molar-refractivity contribution in [2.75, 3.05) is 5.32 Å². The first-order valence-corrected chi connectivity index (χ1v) is 5.66. The van der Waals surface area contributed by atoms with Gasteiger partial charge in [0.1, 0.15) is 0 Å². The van der Waals surface area contributed by atoms with Crippen molar-refractivity contribution in [3.8, 4) is 6.07 Å². The predicted molar refractivity (Wildman–Crippen MR) is 65.5 cm³/mol. The summed E-state index contributed by atoms with van der Waals surface area (Å²) in [5.74, 6) is 0. The van der Waals surface area contributed by atoms with E-state index < -0.39 is 28.9 Å². The third kappa shape index (κ3) is 3.86. The smallest absolute Gasteiger partial charge is 0.388 e. The van der Waals surface area contributed by atoms with Crippen LogP contribution in [0.3, 0.4) is 0 Å². The molecule has 0 fully saturated rings. The van der Waals surface area contributed by atoms with Gasteiger partial charge in [0.25, 0.3) is 0 Å². The number of benzene rings is 1. The molecule has 0 radical (unpaired) electrons. The van der Waals surface area contributed by atoms with E-state index in [1.807, 2.05) is 0 Å². The molecule has 0 aliphatic carbocycles. The van der Waals surface area contributed by atoms with E-state index in [1.54, 1.807) is 20.8 Å². The quantitative estimate of drug-likeness (QED) is 0.888. The van der Waals surface area contributed by atoms with E-state index in [-0.39, 0.29) is 5.69 Å². The van der Waals surface area contributed by atoms with Crippen molar-refractivity contribution in [3.05, 3.63) is 29.3 Å². The highest BCUT2D eigenvalue weighted by Crippen LogP contribution is 2.33. The van der Waals surface area contributed by atoms with Crippen LogP contribution >= 0.6 is 0 Å². The summed E-state index contributed by atoms with van der Waals surface area (Å²) in [5.41, 5.74) is -2.27. The molecule has 0 saturated carbocycles. The first-order valence-electron chi connectivity index (χ1n) is 5.66. The zero-order valence-electron chi connectivity index (χ0n) is 10.8. The molecule has 0 spiro atoms. The predicted octanol–water partition coefficient (Wildman–Crippen LogP) is 3.15. The lowest BCUT2D eigenvalue weighted by Crippen LogP contribution is -2.39. The molecule has 1 unspecified atom stereocenters. The second-order valence-electron chi connectivity index (χ2n) is 4.89. The van der Waals surface area contributed by atoms with Gasteiger partial charge in [-0.2, -0.15) is 18.4 Å².